The predicted molar refractivity (Wildman–Crippen MR) is 73.9 cm³/mol. The van der Waals surface area contributed by atoms with Gasteiger partial charge in [0.2, 0.25) is 11.8 Å². The van der Waals surface area contributed by atoms with Crippen LogP contribution in [0.1, 0.15) is 25.7 Å². The molecule has 5 heteroatoms. The van der Waals surface area contributed by atoms with Crippen molar-refractivity contribution in [3.63, 3.8) is 0 Å². The van der Waals surface area contributed by atoms with Crippen molar-refractivity contribution in [3.8, 4) is 6.07 Å². The Hall–Kier alpha value is -2.35. The molecule has 0 unspecified atom stereocenters. The van der Waals surface area contributed by atoms with Crippen LogP contribution in [0.15, 0.2) is 24.3 Å². The molecular weight excluding hydrogens is 254 g/mol. The van der Waals surface area contributed by atoms with E-state index in [0.717, 1.165) is 12.8 Å². The number of para-hydroxylation sites is 2. The summed E-state index contributed by atoms with van der Waals surface area (Å²) >= 11 is 0. The number of nitriles is 1. The summed E-state index contributed by atoms with van der Waals surface area (Å²) in [5.41, 5.74) is 0.354. The molecule has 1 aromatic rings. The van der Waals surface area contributed by atoms with Crippen molar-refractivity contribution in [2.45, 2.75) is 25.7 Å². The molecule has 102 valence electrons. The molecule has 1 aliphatic heterocycles. The maximum atomic E-state index is 12.8. The fourth-order valence-electron chi connectivity index (χ4n) is 3.02. The molecule has 0 saturated heterocycles. The molecule has 5 nitrogen and oxygen atoms in total. The van der Waals surface area contributed by atoms with Crippen molar-refractivity contribution in [1.29, 1.82) is 5.26 Å². The molecule has 0 radical (unpaired) electrons. The predicted octanol–water partition coefficient (Wildman–Crippen LogP) is 2.06. The molecule has 1 saturated carbocycles. The van der Waals surface area contributed by atoms with Gasteiger partial charge in [0, 0.05) is 0 Å². The summed E-state index contributed by atoms with van der Waals surface area (Å²) in [6.07, 6.45) is 2.95. The van der Waals surface area contributed by atoms with Crippen LogP contribution in [0.5, 0.6) is 0 Å². The minimum atomic E-state index is -0.954. The van der Waals surface area contributed by atoms with E-state index in [9.17, 15) is 14.9 Å². The number of rotatable bonds is 1. The smallest absolute Gasteiger partial charge is 0.248 e. The topological polar surface area (TPSA) is 73.2 Å². The van der Waals surface area contributed by atoms with E-state index in [1.807, 2.05) is 12.1 Å². The number of benzene rings is 1. The van der Waals surface area contributed by atoms with Crippen LogP contribution in [-0.2, 0) is 9.59 Å². The third-order valence-electron chi connectivity index (χ3n) is 4.10. The van der Waals surface area contributed by atoms with Crippen LogP contribution in [0.4, 0.5) is 11.4 Å². The number of fused-ring (bicyclic) bond motifs is 1. The number of hydrogen-bond acceptors (Lipinski definition) is 3. The van der Waals surface area contributed by atoms with E-state index < -0.39 is 5.41 Å². The number of nitrogens with zero attached hydrogens (tertiary/aromatic N) is 2. The molecule has 1 aromatic carbocycles. The summed E-state index contributed by atoms with van der Waals surface area (Å²) in [5, 5.41) is 12.2. The Morgan fingerprint density at radius 3 is 2.70 bits per heavy atom. The summed E-state index contributed by atoms with van der Waals surface area (Å²) in [6.45, 7) is -0.0146. The number of anilines is 2. The molecule has 1 N–H and O–H groups in total. The van der Waals surface area contributed by atoms with Crippen LogP contribution in [0, 0.1) is 16.7 Å². The van der Waals surface area contributed by atoms with Gasteiger partial charge >= 0.3 is 0 Å². The van der Waals surface area contributed by atoms with Gasteiger partial charge < -0.3 is 5.32 Å². The summed E-state index contributed by atoms with van der Waals surface area (Å²) in [7, 11) is 0. The van der Waals surface area contributed by atoms with E-state index in [-0.39, 0.29) is 18.4 Å². The lowest BCUT2D eigenvalue weighted by Gasteiger charge is -2.33. The quantitative estimate of drug-likeness (QED) is 0.848. The van der Waals surface area contributed by atoms with Gasteiger partial charge in [-0.15, -0.1) is 0 Å². The first-order chi connectivity index (χ1) is 9.66. The van der Waals surface area contributed by atoms with Gasteiger partial charge in [0.1, 0.15) is 12.0 Å². The van der Waals surface area contributed by atoms with E-state index in [1.54, 1.807) is 12.1 Å². The maximum Gasteiger partial charge on any atom is 0.248 e. The van der Waals surface area contributed by atoms with E-state index >= 15 is 0 Å². The van der Waals surface area contributed by atoms with Crippen molar-refractivity contribution in [2.75, 3.05) is 16.8 Å². The Morgan fingerprint density at radius 1 is 1.30 bits per heavy atom. The second kappa shape index (κ2) is 4.64. The summed E-state index contributed by atoms with van der Waals surface area (Å²) in [4.78, 5) is 26.0. The molecule has 1 aliphatic carbocycles. The number of nitrogens with one attached hydrogen (secondary N) is 1. The van der Waals surface area contributed by atoms with Gasteiger partial charge in [-0.25, -0.2) is 0 Å². The van der Waals surface area contributed by atoms with Crippen LogP contribution in [0.3, 0.4) is 0 Å². The molecule has 0 bridgehead atoms. The molecule has 2 aliphatic rings. The molecule has 1 heterocycles. The van der Waals surface area contributed by atoms with Crippen LogP contribution in [0.25, 0.3) is 0 Å². The normalized spacial score (nSPS) is 19.9. The lowest BCUT2D eigenvalue weighted by atomic mass is 9.86. The Labute approximate surface area is 117 Å². The molecule has 0 aromatic heterocycles. The standard InChI is InChI=1S/C15H15N3O2/c16-10-15(7-3-4-8-15)14(20)18-9-13(19)17-11-5-1-2-6-12(11)18/h1-2,5-6H,3-4,7-9H2,(H,17,19). The van der Waals surface area contributed by atoms with Gasteiger partial charge in [0.25, 0.3) is 0 Å². The lowest BCUT2D eigenvalue weighted by Crippen LogP contribution is -2.48. The summed E-state index contributed by atoms with van der Waals surface area (Å²) < 4.78 is 0. The first kappa shape index (κ1) is 12.7. The highest BCUT2D eigenvalue weighted by atomic mass is 16.2. The largest absolute Gasteiger partial charge is 0.323 e. The van der Waals surface area contributed by atoms with Crippen molar-refractivity contribution in [2.24, 2.45) is 5.41 Å². The van der Waals surface area contributed by atoms with E-state index in [0.29, 0.717) is 24.2 Å². The molecular formula is C15H15N3O2. The van der Waals surface area contributed by atoms with Crippen LogP contribution in [0.2, 0.25) is 0 Å². The van der Waals surface area contributed by atoms with E-state index in [2.05, 4.69) is 11.4 Å². The zero-order chi connectivity index (χ0) is 14.2. The van der Waals surface area contributed by atoms with Gasteiger partial charge in [0.15, 0.2) is 0 Å². The average molecular weight is 269 g/mol. The second-order valence-electron chi connectivity index (χ2n) is 5.36. The van der Waals surface area contributed by atoms with E-state index in [4.69, 9.17) is 0 Å². The number of carbonyl (C=O) groups is 2. The fourth-order valence-corrected chi connectivity index (χ4v) is 3.02. The first-order valence-electron chi connectivity index (χ1n) is 6.78. The monoisotopic (exact) mass is 269 g/mol. The van der Waals surface area contributed by atoms with Gasteiger partial charge in [-0.05, 0) is 25.0 Å². The van der Waals surface area contributed by atoms with Gasteiger partial charge in [0.05, 0.1) is 17.4 Å². The second-order valence-corrected chi connectivity index (χ2v) is 5.36. The number of hydrogen-bond donors (Lipinski definition) is 1. The fraction of sp³-hybridized carbons (Fsp3) is 0.400. The van der Waals surface area contributed by atoms with Crippen LogP contribution < -0.4 is 10.2 Å². The van der Waals surface area contributed by atoms with Gasteiger partial charge in [-0.2, -0.15) is 5.26 Å². The Bertz CT molecular complexity index is 612. The van der Waals surface area contributed by atoms with Crippen LogP contribution in [-0.4, -0.2) is 18.4 Å². The van der Waals surface area contributed by atoms with E-state index in [1.165, 1.54) is 4.90 Å². The molecule has 0 atom stereocenters. The summed E-state index contributed by atoms with van der Waals surface area (Å²) in [5.74, 6) is -0.456. The molecule has 2 amide bonds. The summed E-state index contributed by atoms with van der Waals surface area (Å²) in [6, 6.07) is 9.39. The minimum Gasteiger partial charge on any atom is -0.323 e. The minimum absolute atomic E-state index is 0.0146. The van der Waals surface area contributed by atoms with Crippen molar-refractivity contribution < 1.29 is 9.59 Å². The first-order valence-corrected chi connectivity index (χ1v) is 6.78. The number of carbonyl (C=O) groups excluding carboxylic acids is 2. The van der Waals surface area contributed by atoms with Gasteiger partial charge in [-0.3, -0.25) is 14.5 Å². The van der Waals surface area contributed by atoms with Crippen molar-refractivity contribution in [1.82, 2.24) is 0 Å². The average Bonchev–Trinajstić information content (AvgIpc) is 2.95. The van der Waals surface area contributed by atoms with Crippen LogP contribution >= 0.6 is 0 Å². The Balaban J connectivity index is 2.00. The zero-order valence-corrected chi connectivity index (χ0v) is 11.1. The Kier molecular flexibility index (Phi) is 2.94. The molecule has 20 heavy (non-hydrogen) atoms. The molecule has 3 rings (SSSR count). The van der Waals surface area contributed by atoms with Gasteiger partial charge in [-0.1, -0.05) is 25.0 Å². The highest BCUT2D eigenvalue weighted by Gasteiger charge is 2.45. The highest BCUT2D eigenvalue weighted by molar-refractivity contribution is 6.11. The molecule has 1 fully saturated rings. The number of amides is 2. The third kappa shape index (κ3) is 1.85. The van der Waals surface area contributed by atoms with Crippen molar-refractivity contribution in [3.05, 3.63) is 24.3 Å². The maximum absolute atomic E-state index is 12.8. The van der Waals surface area contributed by atoms with Crippen molar-refractivity contribution >= 4 is 23.2 Å². The highest BCUT2D eigenvalue weighted by Crippen LogP contribution is 2.41. The lowest BCUT2D eigenvalue weighted by molar-refractivity contribution is -0.127. The molecule has 0 spiro atoms. The third-order valence-corrected chi connectivity index (χ3v) is 4.10. The SMILES string of the molecule is N#CC1(C(=O)N2CC(=O)Nc3ccccc32)CCCC1. The zero-order valence-electron chi connectivity index (χ0n) is 11.1. The Morgan fingerprint density at radius 2 is 2.00 bits per heavy atom.